The molecule has 2 unspecified atom stereocenters. The lowest BCUT2D eigenvalue weighted by molar-refractivity contribution is -0.142. The highest BCUT2D eigenvalue weighted by atomic mass is 32.2. The topological polar surface area (TPSA) is 49.4 Å². The van der Waals surface area contributed by atoms with Crippen molar-refractivity contribution >= 4 is 23.6 Å². The highest BCUT2D eigenvalue weighted by Gasteiger charge is 2.34. The first-order chi connectivity index (χ1) is 7.20. The Bertz CT molecular complexity index is 277. The number of carbonyl (C=O) groups is 2. The number of carbonyl (C=O) groups excluding carboxylic acids is 2. The third-order valence-electron chi connectivity index (χ3n) is 2.99. The summed E-state index contributed by atoms with van der Waals surface area (Å²) in [5, 5.41) is 2.86. The van der Waals surface area contributed by atoms with Crippen LogP contribution < -0.4 is 5.32 Å². The third-order valence-corrected chi connectivity index (χ3v) is 4.35. The Balaban J connectivity index is 2.01. The van der Waals surface area contributed by atoms with Crippen LogP contribution in [0, 0.1) is 0 Å². The molecule has 1 N–H and O–H groups in total. The van der Waals surface area contributed by atoms with Gasteiger partial charge in [-0.2, -0.15) is 0 Å². The fourth-order valence-electron chi connectivity index (χ4n) is 2.04. The monoisotopic (exact) mass is 228 g/mol. The van der Waals surface area contributed by atoms with E-state index in [-0.39, 0.29) is 23.1 Å². The molecule has 5 heteroatoms. The van der Waals surface area contributed by atoms with E-state index in [9.17, 15) is 9.59 Å². The molecule has 0 aliphatic carbocycles. The Morgan fingerprint density at radius 2 is 2.40 bits per heavy atom. The average molecular weight is 228 g/mol. The number of hydrogen-bond donors (Lipinski definition) is 1. The van der Waals surface area contributed by atoms with E-state index in [0.29, 0.717) is 13.1 Å². The van der Waals surface area contributed by atoms with Crippen molar-refractivity contribution in [2.24, 2.45) is 0 Å². The minimum atomic E-state index is -0.299. The first kappa shape index (κ1) is 10.8. The van der Waals surface area contributed by atoms with E-state index < -0.39 is 0 Å². The SMILES string of the molecule is CC1C(=O)NCCN1C(=O)C1CCCS1. The zero-order valence-electron chi connectivity index (χ0n) is 8.86. The summed E-state index contributed by atoms with van der Waals surface area (Å²) in [6.45, 7) is 3.04. The van der Waals surface area contributed by atoms with Crippen LogP contribution in [0.5, 0.6) is 0 Å². The maximum atomic E-state index is 12.1. The number of piperazine rings is 1. The number of hydrogen-bond acceptors (Lipinski definition) is 3. The maximum absolute atomic E-state index is 12.1. The molecule has 2 amide bonds. The van der Waals surface area contributed by atoms with Crippen molar-refractivity contribution in [3.8, 4) is 0 Å². The van der Waals surface area contributed by atoms with Crippen LogP contribution in [-0.2, 0) is 9.59 Å². The molecular weight excluding hydrogens is 212 g/mol. The molecule has 0 saturated carbocycles. The Morgan fingerprint density at radius 1 is 1.60 bits per heavy atom. The van der Waals surface area contributed by atoms with Crippen molar-refractivity contribution in [2.45, 2.75) is 31.1 Å². The van der Waals surface area contributed by atoms with Gasteiger partial charge in [0, 0.05) is 13.1 Å². The molecule has 0 spiro atoms. The molecule has 0 bridgehead atoms. The number of amides is 2. The van der Waals surface area contributed by atoms with Crippen molar-refractivity contribution in [3.05, 3.63) is 0 Å². The van der Waals surface area contributed by atoms with Crippen molar-refractivity contribution in [1.82, 2.24) is 10.2 Å². The van der Waals surface area contributed by atoms with Crippen LogP contribution in [0.3, 0.4) is 0 Å². The second-order valence-electron chi connectivity index (χ2n) is 4.00. The fraction of sp³-hybridized carbons (Fsp3) is 0.800. The number of nitrogens with one attached hydrogen (secondary N) is 1. The van der Waals surface area contributed by atoms with Gasteiger partial charge in [-0.3, -0.25) is 9.59 Å². The van der Waals surface area contributed by atoms with Crippen LogP contribution in [0.2, 0.25) is 0 Å². The third kappa shape index (κ3) is 2.12. The van der Waals surface area contributed by atoms with Crippen LogP contribution in [0.4, 0.5) is 0 Å². The second kappa shape index (κ2) is 4.43. The standard InChI is InChI=1S/C10H16N2O2S/c1-7-9(13)11-4-5-12(7)10(14)8-3-2-6-15-8/h7-8H,2-6H2,1H3,(H,11,13). The largest absolute Gasteiger partial charge is 0.353 e. The lowest BCUT2D eigenvalue weighted by Crippen LogP contribution is -2.57. The normalized spacial score (nSPS) is 31.5. The van der Waals surface area contributed by atoms with E-state index >= 15 is 0 Å². The summed E-state index contributed by atoms with van der Waals surface area (Å²) in [5.41, 5.74) is 0. The Morgan fingerprint density at radius 3 is 3.07 bits per heavy atom. The van der Waals surface area contributed by atoms with Crippen molar-refractivity contribution in [3.63, 3.8) is 0 Å². The molecule has 2 saturated heterocycles. The highest BCUT2D eigenvalue weighted by molar-refractivity contribution is 8.00. The molecule has 0 aromatic rings. The maximum Gasteiger partial charge on any atom is 0.242 e. The molecule has 2 aliphatic heterocycles. The lowest BCUT2D eigenvalue weighted by atomic mass is 10.1. The molecule has 2 atom stereocenters. The summed E-state index contributed by atoms with van der Waals surface area (Å²) >= 11 is 1.72. The van der Waals surface area contributed by atoms with E-state index in [1.807, 2.05) is 0 Å². The molecule has 0 aromatic carbocycles. The Kier molecular flexibility index (Phi) is 3.19. The van der Waals surface area contributed by atoms with Crippen molar-refractivity contribution in [1.29, 1.82) is 0 Å². The molecule has 4 nitrogen and oxygen atoms in total. The van der Waals surface area contributed by atoms with Crippen molar-refractivity contribution < 1.29 is 9.59 Å². The predicted octanol–water partition coefficient (Wildman–Crippen LogP) is 0.229. The molecular formula is C10H16N2O2S. The van der Waals surface area contributed by atoms with Gasteiger partial charge < -0.3 is 10.2 Å². The summed E-state index contributed by atoms with van der Waals surface area (Å²) in [6.07, 6.45) is 2.09. The van der Waals surface area contributed by atoms with Crippen LogP contribution >= 0.6 is 11.8 Å². The van der Waals surface area contributed by atoms with E-state index in [4.69, 9.17) is 0 Å². The number of nitrogens with zero attached hydrogens (tertiary/aromatic N) is 1. The molecule has 2 heterocycles. The molecule has 2 aliphatic rings. The lowest BCUT2D eigenvalue weighted by Gasteiger charge is -2.34. The fourth-order valence-corrected chi connectivity index (χ4v) is 3.27. The zero-order valence-corrected chi connectivity index (χ0v) is 9.68. The van der Waals surface area contributed by atoms with Gasteiger partial charge in [0.25, 0.3) is 0 Å². The average Bonchev–Trinajstić information content (AvgIpc) is 2.74. The van der Waals surface area contributed by atoms with Crippen LogP contribution in [0.25, 0.3) is 0 Å². The minimum Gasteiger partial charge on any atom is -0.353 e. The Labute approximate surface area is 93.8 Å². The number of thioether (sulfide) groups is 1. The number of rotatable bonds is 1. The Hall–Kier alpha value is -0.710. The van der Waals surface area contributed by atoms with Gasteiger partial charge in [0.05, 0.1) is 5.25 Å². The van der Waals surface area contributed by atoms with Gasteiger partial charge in [-0.1, -0.05) is 0 Å². The van der Waals surface area contributed by atoms with Gasteiger partial charge in [-0.05, 0) is 25.5 Å². The summed E-state index contributed by atoms with van der Waals surface area (Å²) in [4.78, 5) is 25.2. The smallest absolute Gasteiger partial charge is 0.242 e. The van der Waals surface area contributed by atoms with E-state index in [1.54, 1.807) is 23.6 Å². The molecule has 0 radical (unpaired) electrons. The van der Waals surface area contributed by atoms with Gasteiger partial charge in [-0.15, -0.1) is 11.8 Å². The summed E-state index contributed by atoms with van der Waals surface area (Å²) in [7, 11) is 0. The summed E-state index contributed by atoms with van der Waals surface area (Å²) in [6, 6.07) is -0.299. The first-order valence-electron chi connectivity index (χ1n) is 5.40. The molecule has 0 aromatic heterocycles. The summed E-state index contributed by atoms with van der Waals surface area (Å²) in [5.74, 6) is 1.20. The predicted molar refractivity (Wildman–Crippen MR) is 59.7 cm³/mol. The first-order valence-corrected chi connectivity index (χ1v) is 6.45. The molecule has 2 rings (SSSR count). The van der Waals surface area contributed by atoms with Gasteiger partial charge in [0.1, 0.15) is 6.04 Å². The van der Waals surface area contributed by atoms with Crippen LogP contribution in [-0.4, -0.2) is 46.8 Å². The summed E-state index contributed by atoms with van der Waals surface area (Å²) < 4.78 is 0. The van der Waals surface area contributed by atoms with Gasteiger partial charge in [-0.25, -0.2) is 0 Å². The molecule has 84 valence electrons. The van der Waals surface area contributed by atoms with E-state index in [1.165, 1.54) is 0 Å². The van der Waals surface area contributed by atoms with Crippen LogP contribution in [0.1, 0.15) is 19.8 Å². The van der Waals surface area contributed by atoms with E-state index in [2.05, 4.69) is 5.32 Å². The minimum absolute atomic E-state index is 0.0300. The van der Waals surface area contributed by atoms with E-state index in [0.717, 1.165) is 18.6 Å². The second-order valence-corrected chi connectivity index (χ2v) is 5.31. The molecule has 2 fully saturated rings. The highest BCUT2D eigenvalue weighted by Crippen LogP contribution is 2.28. The van der Waals surface area contributed by atoms with Gasteiger partial charge in [0.2, 0.25) is 11.8 Å². The quantitative estimate of drug-likeness (QED) is 0.699. The van der Waals surface area contributed by atoms with Crippen LogP contribution in [0.15, 0.2) is 0 Å². The molecule has 15 heavy (non-hydrogen) atoms. The van der Waals surface area contributed by atoms with Crippen molar-refractivity contribution in [2.75, 3.05) is 18.8 Å². The van der Waals surface area contributed by atoms with Gasteiger partial charge >= 0.3 is 0 Å². The zero-order chi connectivity index (χ0) is 10.8. The van der Waals surface area contributed by atoms with Gasteiger partial charge in [0.15, 0.2) is 0 Å².